The Morgan fingerprint density at radius 2 is 1.81 bits per heavy atom. The lowest BCUT2D eigenvalue weighted by atomic mass is 10.1. The molecule has 21 heavy (non-hydrogen) atoms. The number of hydrogen-bond donors (Lipinski definition) is 2. The van der Waals surface area contributed by atoms with Crippen LogP contribution in [0.25, 0.3) is 0 Å². The molecule has 0 spiro atoms. The summed E-state index contributed by atoms with van der Waals surface area (Å²) in [6.07, 6.45) is 3.81. The topological polar surface area (TPSA) is 65.1 Å². The molecule has 5 heteroatoms. The smallest absolute Gasteiger partial charge is 0.153 e. The van der Waals surface area contributed by atoms with Gasteiger partial charge in [-0.2, -0.15) is 0 Å². The van der Waals surface area contributed by atoms with Gasteiger partial charge in [0.1, 0.15) is 0 Å². The van der Waals surface area contributed by atoms with Crippen LogP contribution in [0.15, 0.2) is 23.4 Å². The normalized spacial score (nSPS) is 20.7. The van der Waals surface area contributed by atoms with Gasteiger partial charge in [-0.3, -0.25) is 9.80 Å². The van der Waals surface area contributed by atoms with Crippen molar-refractivity contribution in [3.63, 3.8) is 0 Å². The number of hydrogen-bond acceptors (Lipinski definition) is 4. The second-order valence-corrected chi connectivity index (χ2v) is 6.10. The van der Waals surface area contributed by atoms with Crippen LogP contribution in [0.1, 0.15) is 23.1 Å². The number of aryl methyl sites for hydroxylation is 2. The average molecular weight is 288 g/mol. The Kier molecular flexibility index (Phi) is 4.41. The van der Waals surface area contributed by atoms with Gasteiger partial charge in [-0.1, -0.05) is 23.4 Å². The van der Waals surface area contributed by atoms with Crippen molar-refractivity contribution in [2.45, 2.75) is 25.8 Å². The first-order chi connectivity index (χ1) is 10.2. The molecule has 1 aromatic carbocycles. The second kappa shape index (κ2) is 6.45. The molecular formula is C16H24N4O. The van der Waals surface area contributed by atoms with Crippen molar-refractivity contribution >= 4 is 5.84 Å². The predicted octanol–water partition coefficient (Wildman–Crippen LogP) is 1.04. The first-order valence-corrected chi connectivity index (χ1v) is 7.76. The molecule has 3 N–H and O–H groups in total. The number of piperazine rings is 1. The van der Waals surface area contributed by atoms with Crippen LogP contribution < -0.4 is 5.73 Å². The summed E-state index contributed by atoms with van der Waals surface area (Å²) in [5.41, 5.74) is 10.1. The Morgan fingerprint density at radius 3 is 2.57 bits per heavy atom. The van der Waals surface area contributed by atoms with Crippen LogP contribution in [0, 0.1) is 0 Å². The van der Waals surface area contributed by atoms with Crippen LogP contribution in [-0.4, -0.2) is 53.6 Å². The largest absolute Gasteiger partial charge is 0.409 e. The molecule has 5 nitrogen and oxygen atoms in total. The van der Waals surface area contributed by atoms with E-state index in [-0.39, 0.29) is 0 Å². The predicted molar refractivity (Wildman–Crippen MR) is 83.6 cm³/mol. The van der Waals surface area contributed by atoms with E-state index in [4.69, 9.17) is 10.9 Å². The molecule has 2 aliphatic rings. The monoisotopic (exact) mass is 288 g/mol. The van der Waals surface area contributed by atoms with Crippen molar-refractivity contribution < 1.29 is 5.21 Å². The van der Waals surface area contributed by atoms with Gasteiger partial charge in [0.15, 0.2) is 5.84 Å². The quantitative estimate of drug-likeness (QED) is 0.376. The van der Waals surface area contributed by atoms with E-state index in [1.165, 1.54) is 24.8 Å². The molecule has 0 bridgehead atoms. The average Bonchev–Trinajstić information content (AvgIpc) is 2.96. The molecule has 1 aromatic rings. The first-order valence-electron chi connectivity index (χ1n) is 7.76. The van der Waals surface area contributed by atoms with Crippen molar-refractivity contribution in [1.29, 1.82) is 0 Å². The maximum Gasteiger partial charge on any atom is 0.153 e. The highest BCUT2D eigenvalue weighted by atomic mass is 16.4. The highest BCUT2D eigenvalue weighted by Gasteiger charge is 2.18. The fourth-order valence-electron chi connectivity index (χ4n) is 3.35. The summed E-state index contributed by atoms with van der Waals surface area (Å²) < 4.78 is 0. The summed E-state index contributed by atoms with van der Waals surface area (Å²) in [4.78, 5) is 4.72. The van der Waals surface area contributed by atoms with E-state index in [1.807, 2.05) is 0 Å². The lowest BCUT2D eigenvalue weighted by molar-refractivity contribution is 0.139. The van der Waals surface area contributed by atoms with Crippen LogP contribution in [-0.2, 0) is 19.4 Å². The molecule has 3 rings (SSSR count). The first kappa shape index (κ1) is 14.4. The molecule has 114 valence electrons. The van der Waals surface area contributed by atoms with Crippen LogP contribution in [0.5, 0.6) is 0 Å². The van der Waals surface area contributed by atoms with Gasteiger partial charge >= 0.3 is 0 Å². The number of amidine groups is 1. The third-order valence-electron chi connectivity index (χ3n) is 4.55. The number of oxime groups is 1. The Hall–Kier alpha value is -1.59. The Bertz CT molecular complexity index is 521. The van der Waals surface area contributed by atoms with Gasteiger partial charge in [0, 0.05) is 32.7 Å². The van der Waals surface area contributed by atoms with E-state index in [0.717, 1.165) is 32.7 Å². The third kappa shape index (κ3) is 3.54. The zero-order chi connectivity index (χ0) is 14.7. The fraction of sp³-hybridized carbons (Fsp3) is 0.562. The number of benzene rings is 1. The van der Waals surface area contributed by atoms with Crippen LogP contribution in [0.3, 0.4) is 0 Å². The Morgan fingerprint density at radius 1 is 1.10 bits per heavy atom. The van der Waals surface area contributed by atoms with Crippen molar-refractivity contribution in [1.82, 2.24) is 9.80 Å². The number of nitrogens with two attached hydrogens (primary N) is 1. The minimum Gasteiger partial charge on any atom is -0.409 e. The zero-order valence-corrected chi connectivity index (χ0v) is 12.5. The van der Waals surface area contributed by atoms with Gasteiger partial charge in [0.05, 0.1) is 6.54 Å². The molecule has 0 aromatic heterocycles. The van der Waals surface area contributed by atoms with Gasteiger partial charge in [-0.15, -0.1) is 0 Å². The molecule has 0 unspecified atom stereocenters. The van der Waals surface area contributed by atoms with Crippen molar-refractivity contribution in [2.24, 2.45) is 10.9 Å². The minimum atomic E-state index is 0.294. The zero-order valence-electron chi connectivity index (χ0n) is 12.5. The number of rotatable bonds is 4. The summed E-state index contributed by atoms with van der Waals surface area (Å²) in [5.74, 6) is 0.294. The fourth-order valence-corrected chi connectivity index (χ4v) is 3.35. The Labute approximate surface area is 126 Å². The standard InChI is InChI=1S/C16H24N4O/c17-16(18-21)12-20-8-6-19(7-9-20)11-13-4-5-14-2-1-3-15(14)10-13/h4-5,10,21H,1-3,6-9,11-12H2,(H2,17,18). The van der Waals surface area contributed by atoms with Crippen LogP contribution in [0.2, 0.25) is 0 Å². The van der Waals surface area contributed by atoms with E-state index in [2.05, 4.69) is 33.2 Å². The van der Waals surface area contributed by atoms with Crippen LogP contribution >= 0.6 is 0 Å². The van der Waals surface area contributed by atoms with E-state index in [0.29, 0.717) is 12.4 Å². The van der Waals surface area contributed by atoms with Crippen LogP contribution in [0.4, 0.5) is 0 Å². The molecule has 0 radical (unpaired) electrons. The summed E-state index contributed by atoms with van der Waals surface area (Å²) >= 11 is 0. The third-order valence-corrected chi connectivity index (χ3v) is 4.55. The molecule has 1 heterocycles. The molecule has 0 amide bonds. The van der Waals surface area contributed by atoms with Crippen molar-refractivity contribution in [3.8, 4) is 0 Å². The maximum absolute atomic E-state index is 8.61. The van der Waals surface area contributed by atoms with Crippen molar-refractivity contribution in [3.05, 3.63) is 34.9 Å². The van der Waals surface area contributed by atoms with E-state index >= 15 is 0 Å². The Balaban J connectivity index is 1.51. The maximum atomic E-state index is 8.61. The van der Waals surface area contributed by atoms with E-state index in [1.54, 1.807) is 11.1 Å². The van der Waals surface area contributed by atoms with Gasteiger partial charge < -0.3 is 10.9 Å². The molecule has 1 saturated heterocycles. The number of nitrogens with zero attached hydrogens (tertiary/aromatic N) is 3. The number of fused-ring (bicyclic) bond motifs is 1. The van der Waals surface area contributed by atoms with Gasteiger partial charge in [-0.25, -0.2) is 0 Å². The molecule has 1 aliphatic heterocycles. The second-order valence-electron chi connectivity index (χ2n) is 6.10. The summed E-state index contributed by atoms with van der Waals surface area (Å²) in [7, 11) is 0. The summed E-state index contributed by atoms with van der Waals surface area (Å²) in [6.45, 7) is 5.61. The SMILES string of the molecule is NC(CN1CCN(Cc2ccc3c(c2)CCC3)CC1)=NO. The lowest BCUT2D eigenvalue weighted by Gasteiger charge is -2.34. The summed E-state index contributed by atoms with van der Waals surface area (Å²) in [6, 6.07) is 6.99. The van der Waals surface area contributed by atoms with Gasteiger partial charge in [0.2, 0.25) is 0 Å². The van der Waals surface area contributed by atoms with Gasteiger partial charge in [0.25, 0.3) is 0 Å². The molecule has 0 saturated carbocycles. The molecule has 0 atom stereocenters. The molecule has 1 fully saturated rings. The van der Waals surface area contributed by atoms with Gasteiger partial charge in [-0.05, 0) is 36.0 Å². The molecular weight excluding hydrogens is 264 g/mol. The highest BCUT2D eigenvalue weighted by molar-refractivity contribution is 5.81. The summed E-state index contributed by atoms with van der Waals surface area (Å²) in [5, 5.41) is 11.7. The van der Waals surface area contributed by atoms with Crippen molar-refractivity contribution in [2.75, 3.05) is 32.7 Å². The lowest BCUT2D eigenvalue weighted by Crippen LogP contribution is -2.48. The van der Waals surface area contributed by atoms with E-state index < -0.39 is 0 Å². The highest BCUT2D eigenvalue weighted by Crippen LogP contribution is 2.23. The van der Waals surface area contributed by atoms with E-state index in [9.17, 15) is 0 Å². The molecule has 1 aliphatic carbocycles. The minimum absolute atomic E-state index is 0.294.